The fourth-order valence-electron chi connectivity index (χ4n) is 2.91. The Labute approximate surface area is 156 Å². The Morgan fingerprint density at radius 3 is 2.59 bits per heavy atom. The first-order valence-electron chi connectivity index (χ1n) is 8.71. The smallest absolute Gasteiger partial charge is 0.320 e. The summed E-state index contributed by atoms with van der Waals surface area (Å²) in [4.78, 5) is 27.2. The van der Waals surface area contributed by atoms with Crippen molar-refractivity contribution in [1.29, 1.82) is 0 Å². The van der Waals surface area contributed by atoms with Gasteiger partial charge in [0, 0.05) is 19.3 Å². The first-order valence-corrected chi connectivity index (χ1v) is 8.71. The summed E-state index contributed by atoms with van der Waals surface area (Å²) in [5.41, 5.74) is 1.10. The third kappa shape index (κ3) is 5.89. The molecule has 0 spiro atoms. The Hall–Kier alpha value is -2.74. The van der Waals surface area contributed by atoms with E-state index in [9.17, 15) is 24.2 Å². The van der Waals surface area contributed by atoms with Crippen molar-refractivity contribution in [3.8, 4) is 0 Å². The van der Waals surface area contributed by atoms with Gasteiger partial charge in [0.15, 0.2) is 0 Å². The van der Waals surface area contributed by atoms with Gasteiger partial charge in [-0.25, -0.2) is 9.37 Å². The van der Waals surface area contributed by atoms with Crippen molar-refractivity contribution in [2.45, 2.75) is 38.8 Å². The predicted octanol–water partition coefficient (Wildman–Crippen LogP) is 2.33. The molecule has 2 atom stereocenters. The summed E-state index contributed by atoms with van der Waals surface area (Å²) in [6.07, 6.45) is 3.32. The van der Waals surface area contributed by atoms with Crippen LogP contribution >= 0.6 is 0 Å². The van der Waals surface area contributed by atoms with Gasteiger partial charge in [-0.05, 0) is 30.0 Å². The number of hydrogen-bond acceptors (Lipinski definition) is 4. The molecule has 2 unspecified atom stereocenters. The summed E-state index contributed by atoms with van der Waals surface area (Å²) >= 11 is 0. The van der Waals surface area contributed by atoms with Crippen molar-refractivity contribution in [3.05, 3.63) is 53.9 Å². The van der Waals surface area contributed by atoms with Crippen molar-refractivity contribution in [2.75, 3.05) is 6.54 Å². The molecule has 8 heteroatoms. The first kappa shape index (κ1) is 20.6. The van der Waals surface area contributed by atoms with Gasteiger partial charge in [0.1, 0.15) is 17.8 Å². The number of rotatable bonds is 10. The van der Waals surface area contributed by atoms with Crippen LogP contribution in [-0.4, -0.2) is 44.3 Å². The first-order chi connectivity index (χ1) is 12.8. The highest BCUT2D eigenvalue weighted by molar-refractivity contribution is 5.76. The Balaban J connectivity index is 2.16. The standard InChI is InChI=1S/C19H24FN3O4/c1-12(2)6-16(19(26)27)22-8-15(18(24)25)17-9-21-11-23(17)10-13-4-3-5-14(20)7-13/h3-5,7,9,11-12,15-16,22H,6,8,10H2,1-2H3,(H,24,25)(H,26,27). The molecule has 1 aromatic carbocycles. The molecule has 7 nitrogen and oxygen atoms in total. The van der Waals surface area contributed by atoms with E-state index in [1.165, 1.54) is 24.7 Å². The largest absolute Gasteiger partial charge is 0.481 e. The quantitative estimate of drug-likeness (QED) is 0.587. The summed E-state index contributed by atoms with van der Waals surface area (Å²) in [7, 11) is 0. The van der Waals surface area contributed by atoms with Crippen LogP contribution in [0.3, 0.4) is 0 Å². The molecule has 1 heterocycles. The van der Waals surface area contributed by atoms with Crippen LogP contribution in [-0.2, 0) is 16.1 Å². The van der Waals surface area contributed by atoms with E-state index in [0.29, 0.717) is 17.7 Å². The van der Waals surface area contributed by atoms with E-state index in [2.05, 4.69) is 10.3 Å². The van der Waals surface area contributed by atoms with Crippen LogP contribution in [0.15, 0.2) is 36.8 Å². The van der Waals surface area contributed by atoms with Crippen molar-refractivity contribution in [2.24, 2.45) is 5.92 Å². The van der Waals surface area contributed by atoms with Crippen LogP contribution in [0.2, 0.25) is 0 Å². The van der Waals surface area contributed by atoms with Crippen LogP contribution in [0.5, 0.6) is 0 Å². The summed E-state index contributed by atoms with van der Waals surface area (Å²) in [6.45, 7) is 4.03. The number of nitrogens with one attached hydrogen (secondary N) is 1. The van der Waals surface area contributed by atoms with Gasteiger partial charge >= 0.3 is 11.9 Å². The Morgan fingerprint density at radius 2 is 2.00 bits per heavy atom. The number of carbonyl (C=O) groups is 2. The van der Waals surface area contributed by atoms with Gasteiger partial charge in [0.25, 0.3) is 0 Å². The van der Waals surface area contributed by atoms with Gasteiger partial charge in [-0.1, -0.05) is 26.0 Å². The van der Waals surface area contributed by atoms with E-state index in [-0.39, 0.29) is 24.8 Å². The lowest BCUT2D eigenvalue weighted by atomic mass is 10.0. The molecule has 2 rings (SSSR count). The average Bonchev–Trinajstić information content (AvgIpc) is 3.01. The van der Waals surface area contributed by atoms with Crippen LogP contribution in [0.1, 0.15) is 37.4 Å². The van der Waals surface area contributed by atoms with Gasteiger partial charge in [-0.3, -0.25) is 9.59 Å². The van der Waals surface area contributed by atoms with E-state index in [1.54, 1.807) is 16.7 Å². The topological polar surface area (TPSA) is 104 Å². The summed E-state index contributed by atoms with van der Waals surface area (Å²) < 4.78 is 15.0. The van der Waals surface area contributed by atoms with Crippen molar-refractivity contribution >= 4 is 11.9 Å². The molecule has 0 aliphatic heterocycles. The van der Waals surface area contributed by atoms with Crippen LogP contribution in [0, 0.1) is 11.7 Å². The second kappa shape index (κ2) is 9.27. The minimum Gasteiger partial charge on any atom is -0.481 e. The molecule has 27 heavy (non-hydrogen) atoms. The van der Waals surface area contributed by atoms with Crippen LogP contribution < -0.4 is 5.32 Å². The zero-order valence-electron chi connectivity index (χ0n) is 15.3. The highest BCUT2D eigenvalue weighted by Crippen LogP contribution is 2.18. The molecular weight excluding hydrogens is 353 g/mol. The SMILES string of the molecule is CC(C)CC(NCC(C(=O)O)c1cncn1Cc1cccc(F)c1)C(=O)O. The molecule has 0 amide bonds. The number of halogens is 1. The second-order valence-electron chi connectivity index (χ2n) is 6.90. The van der Waals surface area contributed by atoms with Crippen LogP contribution in [0.4, 0.5) is 4.39 Å². The minimum atomic E-state index is -1.09. The number of carboxylic acid groups (broad SMARTS) is 2. The fraction of sp³-hybridized carbons (Fsp3) is 0.421. The van der Waals surface area contributed by atoms with Gasteiger partial charge in [-0.15, -0.1) is 0 Å². The lowest BCUT2D eigenvalue weighted by Crippen LogP contribution is -2.41. The number of aliphatic carboxylic acids is 2. The molecule has 0 aliphatic rings. The number of carboxylic acids is 2. The monoisotopic (exact) mass is 377 g/mol. The van der Waals surface area contributed by atoms with Gasteiger partial charge in [0.2, 0.25) is 0 Å². The molecule has 2 aromatic rings. The van der Waals surface area contributed by atoms with Crippen molar-refractivity contribution in [1.82, 2.24) is 14.9 Å². The van der Waals surface area contributed by atoms with E-state index >= 15 is 0 Å². The lowest BCUT2D eigenvalue weighted by molar-refractivity contribution is -0.142. The molecule has 146 valence electrons. The third-order valence-electron chi connectivity index (χ3n) is 4.22. The molecule has 0 aliphatic carbocycles. The average molecular weight is 377 g/mol. The van der Waals surface area contributed by atoms with Crippen LogP contribution in [0.25, 0.3) is 0 Å². The second-order valence-corrected chi connectivity index (χ2v) is 6.90. The lowest BCUT2D eigenvalue weighted by Gasteiger charge is -2.20. The van der Waals surface area contributed by atoms with E-state index in [0.717, 1.165) is 0 Å². The number of nitrogens with zero attached hydrogens (tertiary/aromatic N) is 2. The Morgan fingerprint density at radius 1 is 1.26 bits per heavy atom. The third-order valence-corrected chi connectivity index (χ3v) is 4.22. The maximum Gasteiger partial charge on any atom is 0.320 e. The Bertz CT molecular complexity index is 791. The molecule has 3 N–H and O–H groups in total. The van der Waals surface area contributed by atoms with E-state index in [4.69, 9.17) is 0 Å². The van der Waals surface area contributed by atoms with E-state index < -0.39 is 23.9 Å². The highest BCUT2D eigenvalue weighted by atomic mass is 19.1. The highest BCUT2D eigenvalue weighted by Gasteiger charge is 2.27. The number of benzene rings is 1. The van der Waals surface area contributed by atoms with Crippen molar-refractivity contribution in [3.63, 3.8) is 0 Å². The predicted molar refractivity (Wildman–Crippen MR) is 97.0 cm³/mol. The maximum absolute atomic E-state index is 13.4. The molecular formula is C19H24FN3O4. The normalized spacial score (nSPS) is 13.5. The number of imidazole rings is 1. The fourth-order valence-corrected chi connectivity index (χ4v) is 2.91. The molecule has 0 radical (unpaired) electrons. The minimum absolute atomic E-state index is 0.0478. The van der Waals surface area contributed by atoms with Gasteiger partial charge in [-0.2, -0.15) is 0 Å². The molecule has 0 saturated carbocycles. The maximum atomic E-state index is 13.4. The Kier molecular flexibility index (Phi) is 7.06. The number of aromatic nitrogens is 2. The molecule has 0 fully saturated rings. The molecule has 0 bridgehead atoms. The molecule has 0 saturated heterocycles. The number of hydrogen-bond donors (Lipinski definition) is 3. The zero-order chi connectivity index (χ0) is 20.0. The summed E-state index contributed by atoms with van der Waals surface area (Å²) in [5.74, 6) is -3.29. The van der Waals surface area contributed by atoms with Gasteiger partial charge in [0.05, 0.1) is 12.0 Å². The molecule has 1 aromatic heterocycles. The van der Waals surface area contributed by atoms with E-state index in [1.807, 2.05) is 13.8 Å². The van der Waals surface area contributed by atoms with Crippen molar-refractivity contribution < 1.29 is 24.2 Å². The zero-order valence-corrected chi connectivity index (χ0v) is 15.3. The van der Waals surface area contributed by atoms with Gasteiger partial charge < -0.3 is 20.1 Å². The summed E-state index contributed by atoms with van der Waals surface area (Å²) in [5, 5.41) is 21.8. The summed E-state index contributed by atoms with van der Waals surface area (Å²) in [6, 6.07) is 5.21.